The maximum Gasteiger partial charge on any atom is 0.0920 e. The number of nitrogens with zero attached hydrogens (tertiary/aromatic N) is 2. The van der Waals surface area contributed by atoms with Crippen molar-refractivity contribution in [3.63, 3.8) is 0 Å². The molecule has 0 aliphatic heterocycles. The molecule has 1 aromatic heterocycles. The van der Waals surface area contributed by atoms with E-state index in [1.54, 1.807) is 11.3 Å². The Hall–Kier alpha value is -0.530. The third kappa shape index (κ3) is 2.58. The lowest BCUT2D eigenvalue weighted by Crippen LogP contribution is -2.34. The van der Waals surface area contributed by atoms with Gasteiger partial charge in [-0.05, 0) is 47.7 Å². The summed E-state index contributed by atoms with van der Waals surface area (Å²) in [6, 6.07) is 5.16. The van der Waals surface area contributed by atoms with Gasteiger partial charge in [0.1, 0.15) is 0 Å². The Morgan fingerprint density at radius 2 is 2.12 bits per heavy atom. The molecule has 0 spiro atoms. The van der Waals surface area contributed by atoms with Gasteiger partial charge in [-0.1, -0.05) is 0 Å². The predicted molar refractivity (Wildman–Crippen MR) is 71.8 cm³/mol. The summed E-state index contributed by atoms with van der Waals surface area (Å²) in [6.45, 7) is 0. The molecular formula is C12H15BrN2S. The molecular weight excluding hydrogens is 284 g/mol. The molecule has 0 aromatic carbocycles. The minimum absolute atomic E-state index is 0.291. The Morgan fingerprint density at radius 1 is 1.44 bits per heavy atom. The van der Waals surface area contributed by atoms with Crippen molar-refractivity contribution in [2.45, 2.75) is 31.7 Å². The van der Waals surface area contributed by atoms with E-state index in [4.69, 9.17) is 5.26 Å². The minimum Gasteiger partial charge on any atom is -0.363 e. The number of nitriles is 1. The number of anilines is 1. The van der Waals surface area contributed by atoms with E-state index in [0.29, 0.717) is 12.0 Å². The summed E-state index contributed by atoms with van der Waals surface area (Å²) >= 11 is 5.26. The molecule has 2 nitrogen and oxygen atoms in total. The standard InChI is InChI=1S/C12H15BrN2S/c1-15(12-6-10(13)8-16-12)11-4-2-9(7-14)3-5-11/h6,8-9,11H,2-5H2,1H3. The minimum atomic E-state index is 0.291. The predicted octanol–water partition coefficient (Wildman–Crippen LogP) is 4.03. The number of thiophene rings is 1. The molecule has 2 rings (SSSR count). The highest BCUT2D eigenvalue weighted by molar-refractivity contribution is 9.10. The van der Waals surface area contributed by atoms with E-state index in [1.807, 2.05) is 0 Å². The number of hydrogen-bond donors (Lipinski definition) is 0. The topological polar surface area (TPSA) is 27.0 Å². The second kappa shape index (κ2) is 5.20. The van der Waals surface area contributed by atoms with Crippen LogP contribution in [-0.4, -0.2) is 13.1 Å². The van der Waals surface area contributed by atoms with Gasteiger partial charge in [-0.3, -0.25) is 0 Å². The van der Waals surface area contributed by atoms with Crippen molar-refractivity contribution in [2.75, 3.05) is 11.9 Å². The van der Waals surface area contributed by atoms with E-state index in [-0.39, 0.29) is 0 Å². The SMILES string of the molecule is CN(c1cc(Br)cs1)C1CCC(C#N)CC1. The zero-order valence-corrected chi connectivity index (χ0v) is 11.7. The van der Waals surface area contributed by atoms with Gasteiger partial charge < -0.3 is 4.90 Å². The van der Waals surface area contributed by atoms with E-state index >= 15 is 0 Å². The van der Waals surface area contributed by atoms with E-state index in [9.17, 15) is 0 Å². The van der Waals surface area contributed by atoms with Crippen LogP contribution in [-0.2, 0) is 0 Å². The highest BCUT2D eigenvalue weighted by Crippen LogP contribution is 2.33. The fraction of sp³-hybridized carbons (Fsp3) is 0.583. The number of rotatable bonds is 2. The van der Waals surface area contributed by atoms with Gasteiger partial charge in [-0.25, -0.2) is 0 Å². The van der Waals surface area contributed by atoms with Crippen LogP contribution < -0.4 is 4.90 Å². The molecule has 0 radical (unpaired) electrons. The third-order valence-electron chi connectivity index (χ3n) is 3.33. The van der Waals surface area contributed by atoms with Gasteiger partial charge in [0.15, 0.2) is 0 Å². The molecule has 86 valence electrons. The third-order valence-corrected chi connectivity index (χ3v) is 5.11. The van der Waals surface area contributed by atoms with Crippen LogP contribution in [0.25, 0.3) is 0 Å². The lowest BCUT2D eigenvalue weighted by atomic mass is 9.86. The van der Waals surface area contributed by atoms with Crippen LogP contribution in [0.2, 0.25) is 0 Å². The van der Waals surface area contributed by atoms with Crippen LogP contribution in [0.5, 0.6) is 0 Å². The zero-order valence-electron chi connectivity index (χ0n) is 9.32. The van der Waals surface area contributed by atoms with Crippen LogP contribution in [0.4, 0.5) is 5.00 Å². The average Bonchev–Trinajstić information content (AvgIpc) is 2.75. The molecule has 1 heterocycles. The molecule has 1 aliphatic carbocycles. The summed E-state index contributed by atoms with van der Waals surface area (Å²) in [6.07, 6.45) is 4.39. The monoisotopic (exact) mass is 298 g/mol. The van der Waals surface area contributed by atoms with Gasteiger partial charge >= 0.3 is 0 Å². The van der Waals surface area contributed by atoms with Gasteiger partial charge in [-0.15, -0.1) is 11.3 Å². The van der Waals surface area contributed by atoms with Crippen molar-refractivity contribution in [2.24, 2.45) is 5.92 Å². The summed E-state index contributed by atoms with van der Waals surface area (Å²) in [5.41, 5.74) is 0. The van der Waals surface area contributed by atoms with E-state index in [2.05, 4.69) is 45.4 Å². The smallest absolute Gasteiger partial charge is 0.0920 e. The first-order valence-electron chi connectivity index (χ1n) is 5.57. The van der Waals surface area contributed by atoms with E-state index < -0.39 is 0 Å². The maximum atomic E-state index is 8.87. The molecule has 16 heavy (non-hydrogen) atoms. The highest BCUT2D eigenvalue weighted by Gasteiger charge is 2.24. The lowest BCUT2D eigenvalue weighted by molar-refractivity contribution is 0.373. The van der Waals surface area contributed by atoms with Crippen molar-refractivity contribution in [1.82, 2.24) is 0 Å². The van der Waals surface area contributed by atoms with Crippen molar-refractivity contribution < 1.29 is 0 Å². The molecule has 0 saturated heterocycles. The van der Waals surface area contributed by atoms with Gasteiger partial charge in [0.25, 0.3) is 0 Å². The molecule has 1 aliphatic rings. The first-order valence-corrected chi connectivity index (χ1v) is 7.24. The summed E-state index contributed by atoms with van der Waals surface area (Å²) in [5.74, 6) is 0.291. The Balaban J connectivity index is 1.97. The quantitative estimate of drug-likeness (QED) is 0.824. The zero-order chi connectivity index (χ0) is 11.5. The Kier molecular flexibility index (Phi) is 3.88. The Morgan fingerprint density at radius 3 is 2.62 bits per heavy atom. The lowest BCUT2D eigenvalue weighted by Gasteiger charge is -2.33. The van der Waals surface area contributed by atoms with E-state index in [1.165, 1.54) is 5.00 Å². The second-order valence-electron chi connectivity index (χ2n) is 4.35. The van der Waals surface area contributed by atoms with Crippen molar-refractivity contribution in [1.29, 1.82) is 5.26 Å². The van der Waals surface area contributed by atoms with Crippen molar-refractivity contribution >= 4 is 32.3 Å². The fourth-order valence-electron chi connectivity index (χ4n) is 2.26. The molecule has 1 saturated carbocycles. The Labute approximate surface area is 109 Å². The number of hydrogen-bond acceptors (Lipinski definition) is 3. The average molecular weight is 299 g/mol. The summed E-state index contributed by atoms with van der Waals surface area (Å²) < 4.78 is 1.16. The largest absolute Gasteiger partial charge is 0.363 e. The van der Waals surface area contributed by atoms with Gasteiger partial charge in [0.05, 0.1) is 11.1 Å². The van der Waals surface area contributed by atoms with Gasteiger partial charge in [0.2, 0.25) is 0 Å². The summed E-state index contributed by atoms with van der Waals surface area (Å²) in [4.78, 5) is 2.36. The van der Waals surface area contributed by atoms with Gasteiger partial charge in [0, 0.05) is 28.9 Å². The molecule has 4 heteroatoms. The molecule has 0 amide bonds. The maximum absolute atomic E-state index is 8.87. The summed E-state index contributed by atoms with van der Waals surface area (Å²) in [7, 11) is 2.16. The normalized spacial score (nSPS) is 25.1. The molecule has 1 aromatic rings. The van der Waals surface area contributed by atoms with Crippen LogP contribution in [0.1, 0.15) is 25.7 Å². The van der Waals surface area contributed by atoms with Crippen molar-refractivity contribution in [3.8, 4) is 6.07 Å². The van der Waals surface area contributed by atoms with Crippen molar-refractivity contribution in [3.05, 3.63) is 15.9 Å². The second-order valence-corrected chi connectivity index (χ2v) is 6.15. The first kappa shape index (κ1) is 11.9. The Bertz CT molecular complexity index is 388. The molecule has 0 N–H and O–H groups in total. The first-order chi connectivity index (χ1) is 7.70. The molecule has 1 fully saturated rings. The molecule has 0 atom stereocenters. The molecule has 0 unspecified atom stereocenters. The number of halogens is 1. The van der Waals surface area contributed by atoms with Gasteiger partial charge in [-0.2, -0.15) is 5.26 Å². The van der Waals surface area contributed by atoms with Crippen LogP contribution in [0.3, 0.4) is 0 Å². The fourth-order valence-corrected chi connectivity index (χ4v) is 3.72. The van der Waals surface area contributed by atoms with Crippen LogP contribution in [0, 0.1) is 17.2 Å². The molecule has 0 bridgehead atoms. The summed E-state index contributed by atoms with van der Waals surface area (Å²) in [5, 5.41) is 12.3. The van der Waals surface area contributed by atoms with Crippen LogP contribution >= 0.6 is 27.3 Å². The van der Waals surface area contributed by atoms with E-state index in [0.717, 1.165) is 30.2 Å². The van der Waals surface area contributed by atoms with Crippen LogP contribution in [0.15, 0.2) is 15.9 Å². The highest BCUT2D eigenvalue weighted by atomic mass is 79.9.